The van der Waals surface area contributed by atoms with E-state index in [9.17, 15) is 4.79 Å². The van der Waals surface area contributed by atoms with Gasteiger partial charge in [0.05, 0.1) is 12.5 Å². The summed E-state index contributed by atoms with van der Waals surface area (Å²) in [6.45, 7) is 2.22. The van der Waals surface area contributed by atoms with E-state index in [0.29, 0.717) is 11.7 Å². The molecule has 0 aliphatic heterocycles. The fraction of sp³-hybridized carbons (Fsp3) is 0.600. The van der Waals surface area contributed by atoms with Crippen LogP contribution in [0.2, 0.25) is 0 Å². The highest BCUT2D eigenvalue weighted by molar-refractivity contribution is 5.92. The van der Waals surface area contributed by atoms with Crippen LogP contribution in [0.15, 0.2) is 12.5 Å². The van der Waals surface area contributed by atoms with Gasteiger partial charge in [-0.05, 0) is 25.2 Å². The van der Waals surface area contributed by atoms with Crippen LogP contribution in [0.3, 0.4) is 0 Å². The minimum Gasteiger partial charge on any atom is -0.348 e. The van der Waals surface area contributed by atoms with E-state index in [4.69, 9.17) is 0 Å². The van der Waals surface area contributed by atoms with Crippen molar-refractivity contribution in [1.82, 2.24) is 15.3 Å². The maximum Gasteiger partial charge on any atom is 0.269 e. The summed E-state index contributed by atoms with van der Waals surface area (Å²) in [4.78, 5) is 18.2. The zero-order chi connectivity index (χ0) is 9.97. The average Bonchev–Trinajstić information content (AvgIpc) is 2.75. The lowest BCUT2D eigenvalue weighted by molar-refractivity contribution is 0.0933. The number of amides is 1. The van der Waals surface area contributed by atoms with Crippen LogP contribution in [0, 0.1) is 5.92 Å². The van der Waals surface area contributed by atoms with Gasteiger partial charge in [-0.2, -0.15) is 0 Å². The Balaban J connectivity index is 1.89. The Labute approximate surface area is 83.1 Å². The summed E-state index contributed by atoms with van der Waals surface area (Å²) in [7, 11) is 0. The van der Waals surface area contributed by atoms with Gasteiger partial charge in [-0.25, -0.2) is 4.98 Å². The zero-order valence-electron chi connectivity index (χ0n) is 8.29. The molecule has 0 radical (unpaired) electrons. The van der Waals surface area contributed by atoms with Crippen molar-refractivity contribution in [3.63, 3.8) is 0 Å². The number of aromatic nitrogens is 2. The number of hydrogen-bond acceptors (Lipinski definition) is 2. The Bertz CT molecular complexity index is 307. The van der Waals surface area contributed by atoms with E-state index in [1.165, 1.54) is 12.7 Å². The minimum absolute atomic E-state index is 0.0402. The summed E-state index contributed by atoms with van der Waals surface area (Å²) in [6.07, 6.45) is 6.48. The highest BCUT2D eigenvalue weighted by Crippen LogP contribution is 2.24. The van der Waals surface area contributed by atoms with Gasteiger partial charge in [-0.15, -0.1) is 0 Å². The van der Waals surface area contributed by atoms with Crippen LogP contribution < -0.4 is 5.32 Å². The first-order valence-electron chi connectivity index (χ1n) is 5.05. The monoisotopic (exact) mass is 193 g/mol. The van der Waals surface area contributed by atoms with Gasteiger partial charge in [0.2, 0.25) is 0 Å². The zero-order valence-corrected chi connectivity index (χ0v) is 8.29. The van der Waals surface area contributed by atoms with E-state index in [2.05, 4.69) is 22.2 Å². The molecule has 1 aromatic heterocycles. The first-order chi connectivity index (χ1) is 6.75. The number of aromatic amines is 1. The molecule has 2 unspecified atom stereocenters. The molecule has 76 valence electrons. The third kappa shape index (κ3) is 1.95. The molecule has 4 heteroatoms. The molecule has 1 aromatic rings. The van der Waals surface area contributed by atoms with Crippen molar-refractivity contribution >= 4 is 5.91 Å². The van der Waals surface area contributed by atoms with Gasteiger partial charge in [0, 0.05) is 6.04 Å². The first kappa shape index (κ1) is 9.24. The molecular weight excluding hydrogens is 178 g/mol. The molecule has 14 heavy (non-hydrogen) atoms. The molecule has 0 saturated heterocycles. The number of imidazole rings is 1. The summed E-state index contributed by atoms with van der Waals surface area (Å²) in [5.74, 6) is 0.698. The molecule has 1 heterocycles. The van der Waals surface area contributed by atoms with Crippen LogP contribution >= 0.6 is 0 Å². The fourth-order valence-corrected chi connectivity index (χ4v) is 1.98. The molecule has 0 aromatic carbocycles. The number of nitrogens with one attached hydrogen (secondary N) is 2. The predicted octanol–water partition coefficient (Wildman–Crippen LogP) is 1.33. The predicted molar refractivity (Wildman–Crippen MR) is 52.9 cm³/mol. The van der Waals surface area contributed by atoms with E-state index < -0.39 is 0 Å². The van der Waals surface area contributed by atoms with E-state index in [1.54, 1.807) is 6.20 Å². The molecule has 0 bridgehead atoms. The maximum atomic E-state index is 11.6. The Morgan fingerprint density at radius 3 is 3.07 bits per heavy atom. The Hall–Kier alpha value is -1.32. The van der Waals surface area contributed by atoms with Crippen molar-refractivity contribution in [3.8, 4) is 0 Å². The smallest absolute Gasteiger partial charge is 0.269 e. The fourth-order valence-electron chi connectivity index (χ4n) is 1.98. The van der Waals surface area contributed by atoms with Crippen LogP contribution in [-0.2, 0) is 0 Å². The van der Waals surface area contributed by atoms with Gasteiger partial charge in [0.1, 0.15) is 5.69 Å². The van der Waals surface area contributed by atoms with E-state index >= 15 is 0 Å². The first-order valence-corrected chi connectivity index (χ1v) is 5.05. The minimum atomic E-state index is -0.0402. The van der Waals surface area contributed by atoms with Crippen molar-refractivity contribution in [2.45, 2.75) is 32.2 Å². The average molecular weight is 193 g/mol. The quantitative estimate of drug-likeness (QED) is 0.744. The summed E-state index contributed by atoms with van der Waals surface area (Å²) in [5, 5.41) is 3.00. The third-order valence-corrected chi connectivity index (χ3v) is 2.77. The second-order valence-corrected chi connectivity index (χ2v) is 4.05. The molecule has 2 rings (SSSR count). The second-order valence-electron chi connectivity index (χ2n) is 4.05. The van der Waals surface area contributed by atoms with E-state index in [1.807, 2.05) is 0 Å². The number of hydrogen-bond donors (Lipinski definition) is 2. The number of carbonyl (C=O) groups is 1. The number of carbonyl (C=O) groups excluding carboxylic acids is 1. The third-order valence-electron chi connectivity index (χ3n) is 2.77. The van der Waals surface area contributed by atoms with Crippen LogP contribution in [0.25, 0.3) is 0 Å². The number of rotatable bonds is 2. The van der Waals surface area contributed by atoms with Crippen LogP contribution in [0.5, 0.6) is 0 Å². The summed E-state index contributed by atoms with van der Waals surface area (Å²) in [5.41, 5.74) is 0.546. The number of nitrogens with zero attached hydrogens (tertiary/aromatic N) is 1. The summed E-state index contributed by atoms with van der Waals surface area (Å²) < 4.78 is 0. The van der Waals surface area contributed by atoms with Crippen molar-refractivity contribution in [3.05, 3.63) is 18.2 Å². The van der Waals surface area contributed by atoms with Gasteiger partial charge < -0.3 is 10.3 Å². The van der Waals surface area contributed by atoms with Gasteiger partial charge >= 0.3 is 0 Å². The van der Waals surface area contributed by atoms with Crippen molar-refractivity contribution < 1.29 is 4.79 Å². The van der Waals surface area contributed by atoms with Gasteiger partial charge in [-0.1, -0.05) is 6.92 Å². The highest BCUT2D eigenvalue weighted by Gasteiger charge is 2.23. The van der Waals surface area contributed by atoms with Gasteiger partial charge in [0.15, 0.2) is 0 Å². The molecule has 2 N–H and O–H groups in total. The lowest BCUT2D eigenvalue weighted by Gasteiger charge is -2.10. The Kier molecular flexibility index (Phi) is 2.52. The summed E-state index contributed by atoms with van der Waals surface area (Å²) in [6, 6.07) is 0.348. The topological polar surface area (TPSA) is 57.8 Å². The van der Waals surface area contributed by atoms with Crippen LogP contribution in [-0.4, -0.2) is 21.9 Å². The van der Waals surface area contributed by atoms with Crippen molar-refractivity contribution in [2.24, 2.45) is 5.92 Å². The summed E-state index contributed by atoms with van der Waals surface area (Å²) >= 11 is 0. The van der Waals surface area contributed by atoms with Crippen LogP contribution in [0.1, 0.15) is 36.7 Å². The van der Waals surface area contributed by atoms with Crippen molar-refractivity contribution in [1.29, 1.82) is 0 Å². The highest BCUT2D eigenvalue weighted by atomic mass is 16.1. The molecule has 1 amide bonds. The number of H-pyrrole nitrogens is 1. The molecule has 1 aliphatic carbocycles. The van der Waals surface area contributed by atoms with Crippen LogP contribution in [0.4, 0.5) is 0 Å². The van der Waals surface area contributed by atoms with Crippen molar-refractivity contribution in [2.75, 3.05) is 0 Å². The normalized spacial score (nSPS) is 26.4. The van der Waals surface area contributed by atoms with Gasteiger partial charge in [-0.3, -0.25) is 4.79 Å². The molecule has 1 saturated carbocycles. The molecular formula is C10H15N3O. The van der Waals surface area contributed by atoms with E-state index in [0.717, 1.165) is 18.8 Å². The maximum absolute atomic E-state index is 11.6. The Morgan fingerprint density at radius 1 is 1.64 bits per heavy atom. The Morgan fingerprint density at radius 2 is 2.50 bits per heavy atom. The molecule has 1 fully saturated rings. The molecule has 1 aliphatic rings. The lowest BCUT2D eigenvalue weighted by atomic mass is 10.1. The standard InChI is InChI=1S/C10H15N3O/c1-7-2-3-8(4-7)13-10(14)9-5-11-6-12-9/h5-8H,2-4H2,1H3,(H,11,12)(H,13,14). The van der Waals surface area contributed by atoms with E-state index in [-0.39, 0.29) is 5.91 Å². The lowest BCUT2D eigenvalue weighted by Crippen LogP contribution is -2.33. The largest absolute Gasteiger partial charge is 0.348 e. The second kappa shape index (κ2) is 3.82. The molecule has 4 nitrogen and oxygen atoms in total. The molecule has 2 atom stereocenters. The molecule has 0 spiro atoms. The SMILES string of the molecule is CC1CCC(NC(=O)c2cnc[nH]2)C1. The van der Waals surface area contributed by atoms with Gasteiger partial charge in [0.25, 0.3) is 5.91 Å².